The van der Waals surface area contributed by atoms with Crippen LogP contribution in [0.25, 0.3) is 0 Å². The lowest BCUT2D eigenvalue weighted by atomic mass is 9.77. The zero-order valence-electron chi connectivity index (χ0n) is 10.9. The standard InChI is InChI=1S/C12H16N2O4S/c1-17-10(15)12(4-7-18-8-5-12)9-3-6-13-11(14-9)19(2)16/h3,6H,4-5,7-8H2,1-2H3. The average Bonchev–Trinajstić information content (AvgIpc) is 2.47. The Hall–Kier alpha value is -1.34. The first-order valence-corrected chi connectivity index (χ1v) is 7.49. The lowest BCUT2D eigenvalue weighted by molar-refractivity contribution is -0.151. The largest absolute Gasteiger partial charge is 0.468 e. The molecule has 0 saturated carbocycles. The molecule has 1 aromatic rings. The van der Waals surface area contributed by atoms with E-state index in [0.29, 0.717) is 31.7 Å². The molecule has 1 unspecified atom stereocenters. The van der Waals surface area contributed by atoms with Gasteiger partial charge in [0.25, 0.3) is 0 Å². The number of aromatic nitrogens is 2. The molecule has 19 heavy (non-hydrogen) atoms. The highest BCUT2D eigenvalue weighted by Gasteiger charge is 2.44. The Morgan fingerprint density at radius 3 is 2.74 bits per heavy atom. The highest BCUT2D eigenvalue weighted by atomic mass is 32.2. The summed E-state index contributed by atoms with van der Waals surface area (Å²) in [5, 5.41) is 0.229. The van der Waals surface area contributed by atoms with Gasteiger partial charge in [0.1, 0.15) is 5.41 Å². The zero-order valence-corrected chi connectivity index (χ0v) is 11.7. The topological polar surface area (TPSA) is 78.4 Å². The van der Waals surface area contributed by atoms with E-state index in [1.165, 1.54) is 19.6 Å². The summed E-state index contributed by atoms with van der Waals surface area (Å²) in [7, 11) is 0.0780. The van der Waals surface area contributed by atoms with E-state index >= 15 is 0 Å². The highest BCUT2D eigenvalue weighted by molar-refractivity contribution is 7.84. The van der Waals surface area contributed by atoms with Crippen molar-refractivity contribution in [2.75, 3.05) is 26.6 Å². The summed E-state index contributed by atoms with van der Waals surface area (Å²) < 4.78 is 21.7. The van der Waals surface area contributed by atoms with E-state index in [-0.39, 0.29) is 11.1 Å². The van der Waals surface area contributed by atoms with E-state index in [1.54, 1.807) is 6.07 Å². The van der Waals surface area contributed by atoms with E-state index in [1.807, 2.05) is 0 Å². The van der Waals surface area contributed by atoms with E-state index < -0.39 is 16.2 Å². The van der Waals surface area contributed by atoms with Crippen LogP contribution in [0.2, 0.25) is 0 Å². The maximum absolute atomic E-state index is 12.2. The fourth-order valence-corrected chi connectivity index (χ4v) is 2.66. The summed E-state index contributed by atoms with van der Waals surface area (Å²) in [5.41, 5.74) is -0.257. The van der Waals surface area contributed by atoms with E-state index in [0.717, 1.165) is 0 Å². The van der Waals surface area contributed by atoms with Crippen LogP contribution in [0.1, 0.15) is 18.5 Å². The molecule has 0 amide bonds. The fourth-order valence-electron chi connectivity index (χ4n) is 2.23. The van der Waals surface area contributed by atoms with Gasteiger partial charge in [0, 0.05) is 25.7 Å². The lowest BCUT2D eigenvalue weighted by Crippen LogP contribution is -2.43. The minimum absolute atomic E-state index is 0.229. The first-order chi connectivity index (χ1) is 9.10. The number of esters is 1. The maximum Gasteiger partial charge on any atom is 0.318 e. The van der Waals surface area contributed by atoms with Crippen molar-refractivity contribution in [2.24, 2.45) is 0 Å². The number of rotatable bonds is 3. The molecule has 0 bridgehead atoms. The normalized spacial score (nSPS) is 19.7. The lowest BCUT2D eigenvalue weighted by Gasteiger charge is -2.33. The molecule has 0 N–H and O–H groups in total. The maximum atomic E-state index is 12.2. The summed E-state index contributed by atoms with van der Waals surface area (Å²) in [6, 6.07) is 1.68. The van der Waals surface area contributed by atoms with Gasteiger partial charge in [-0.2, -0.15) is 0 Å². The van der Waals surface area contributed by atoms with Gasteiger partial charge in [-0.15, -0.1) is 0 Å². The molecule has 2 heterocycles. The van der Waals surface area contributed by atoms with Gasteiger partial charge in [-0.25, -0.2) is 9.97 Å². The van der Waals surface area contributed by atoms with Crippen LogP contribution in [0, 0.1) is 0 Å². The van der Waals surface area contributed by atoms with Crippen LogP contribution < -0.4 is 0 Å². The van der Waals surface area contributed by atoms with Gasteiger partial charge in [0.15, 0.2) is 0 Å². The third-order valence-electron chi connectivity index (χ3n) is 3.30. The van der Waals surface area contributed by atoms with Crippen molar-refractivity contribution in [1.29, 1.82) is 0 Å². The first-order valence-electron chi connectivity index (χ1n) is 5.93. The summed E-state index contributed by atoms with van der Waals surface area (Å²) in [5.74, 6) is -0.331. The number of hydrogen-bond donors (Lipinski definition) is 0. The molecular formula is C12H16N2O4S. The predicted octanol–water partition coefficient (Wildman–Crippen LogP) is 0.435. The number of carbonyl (C=O) groups excluding carboxylic acids is 1. The van der Waals surface area contributed by atoms with E-state index in [4.69, 9.17) is 9.47 Å². The highest BCUT2D eigenvalue weighted by Crippen LogP contribution is 2.34. The second-order valence-electron chi connectivity index (χ2n) is 4.36. The van der Waals surface area contributed by atoms with Crippen LogP contribution in [0.4, 0.5) is 0 Å². The molecule has 0 spiro atoms. The minimum Gasteiger partial charge on any atom is -0.468 e. The molecule has 0 aromatic carbocycles. The van der Waals surface area contributed by atoms with Gasteiger partial charge in [0.2, 0.25) is 5.16 Å². The Kier molecular flexibility index (Phi) is 4.26. The number of methoxy groups -OCH3 is 1. The van der Waals surface area contributed by atoms with Crippen LogP contribution in [-0.4, -0.2) is 46.7 Å². The average molecular weight is 284 g/mol. The van der Waals surface area contributed by atoms with Gasteiger partial charge in [-0.3, -0.25) is 9.00 Å². The second kappa shape index (κ2) is 5.75. The molecule has 1 aromatic heterocycles. The monoisotopic (exact) mass is 284 g/mol. The number of hydrogen-bond acceptors (Lipinski definition) is 6. The van der Waals surface area contributed by atoms with Crippen molar-refractivity contribution in [2.45, 2.75) is 23.4 Å². The van der Waals surface area contributed by atoms with E-state index in [9.17, 15) is 9.00 Å². The third kappa shape index (κ3) is 2.66. The Bertz CT molecular complexity index is 500. The zero-order chi connectivity index (χ0) is 13.9. The molecule has 2 rings (SSSR count). The molecule has 104 valence electrons. The van der Waals surface area contributed by atoms with Gasteiger partial charge in [-0.05, 0) is 18.9 Å². The van der Waals surface area contributed by atoms with Crippen molar-refractivity contribution >= 4 is 16.8 Å². The molecule has 6 nitrogen and oxygen atoms in total. The Balaban J connectivity index is 2.46. The number of ether oxygens (including phenoxy) is 2. The SMILES string of the molecule is COC(=O)C1(c2ccnc(S(C)=O)n2)CCOCC1. The Labute approximate surface area is 114 Å². The summed E-state index contributed by atoms with van der Waals surface area (Å²) in [4.78, 5) is 20.4. The van der Waals surface area contributed by atoms with Gasteiger partial charge in [0.05, 0.1) is 23.6 Å². The van der Waals surface area contributed by atoms with Crippen molar-refractivity contribution in [1.82, 2.24) is 9.97 Å². The summed E-state index contributed by atoms with van der Waals surface area (Å²) in [6.07, 6.45) is 4.05. The second-order valence-corrected chi connectivity index (χ2v) is 5.64. The van der Waals surface area contributed by atoms with Crippen LogP contribution in [-0.2, 0) is 30.5 Å². The minimum atomic E-state index is -1.28. The third-order valence-corrected chi connectivity index (χ3v) is 4.01. The molecule has 0 radical (unpaired) electrons. The molecule has 7 heteroatoms. The van der Waals surface area contributed by atoms with Crippen molar-refractivity contribution in [3.63, 3.8) is 0 Å². The molecule has 1 saturated heterocycles. The first kappa shape index (κ1) is 14.1. The Morgan fingerprint density at radius 2 is 2.16 bits per heavy atom. The molecule has 1 aliphatic heterocycles. The van der Waals surface area contributed by atoms with Gasteiger partial charge < -0.3 is 9.47 Å². The molecule has 1 atom stereocenters. The van der Waals surface area contributed by atoms with E-state index in [2.05, 4.69) is 9.97 Å². The van der Waals surface area contributed by atoms with Gasteiger partial charge >= 0.3 is 5.97 Å². The quantitative estimate of drug-likeness (QED) is 0.592. The molecule has 0 aliphatic carbocycles. The summed E-state index contributed by atoms with van der Waals surface area (Å²) >= 11 is 0. The molecule has 1 aliphatic rings. The number of carbonyl (C=O) groups is 1. The summed E-state index contributed by atoms with van der Waals surface area (Å²) in [6.45, 7) is 0.952. The fraction of sp³-hybridized carbons (Fsp3) is 0.583. The number of nitrogens with zero attached hydrogens (tertiary/aromatic N) is 2. The van der Waals surface area contributed by atoms with Crippen LogP contribution >= 0.6 is 0 Å². The van der Waals surface area contributed by atoms with Crippen molar-refractivity contribution in [3.8, 4) is 0 Å². The van der Waals surface area contributed by atoms with Crippen LogP contribution in [0.15, 0.2) is 17.4 Å². The van der Waals surface area contributed by atoms with Crippen LogP contribution in [0.3, 0.4) is 0 Å². The van der Waals surface area contributed by atoms with Crippen molar-refractivity contribution < 1.29 is 18.5 Å². The predicted molar refractivity (Wildman–Crippen MR) is 68.1 cm³/mol. The smallest absolute Gasteiger partial charge is 0.318 e. The van der Waals surface area contributed by atoms with Gasteiger partial charge in [-0.1, -0.05) is 0 Å². The van der Waals surface area contributed by atoms with Crippen LogP contribution in [0.5, 0.6) is 0 Å². The van der Waals surface area contributed by atoms with Crippen molar-refractivity contribution in [3.05, 3.63) is 18.0 Å². The molecular weight excluding hydrogens is 268 g/mol. The Morgan fingerprint density at radius 1 is 1.47 bits per heavy atom. The molecule has 1 fully saturated rings.